The van der Waals surface area contributed by atoms with Gasteiger partial charge in [-0.25, -0.2) is 0 Å². The first kappa shape index (κ1) is 8.57. The van der Waals surface area contributed by atoms with E-state index in [4.69, 9.17) is 5.73 Å². The van der Waals surface area contributed by atoms with Gasteiger partial charge in [0.15, 0.2) is 0 Å². The van der Waals surface area contributed by atoms with Gasteiger partial charge in [0.05, 0.1) is 0 Å². The quantitative estimate of drug-likeness (QED) is 0.637. The summed E-state index contributed by atoms with van der Waals surface area (Å²) in [6.45, 7) is 1.99. The average molecular weight is 177 g/mol. The second-order valence-electron chi connectivity index (χ2n) is 3.85. The van der Waals surface area contributed by atoms with Crippen LogP contribution >= 0.6 is 0 Å². The Morgan fingerprint density at radius 1 is 1.46 bits per heavy atom. The molecule has 1 aromatic rings. The number of rotatable bonds is 0. The SMILES string of the molecule is Cc1cc(O)c2c(c1)[C@@H](N)CCC2. The molecular formula is C11H15NO. The van der Waals surface area contributed by atoms with Crippen LogP contribution in [0.2, 0.25) is 0 Å². The molecule has 70 valence electrons. The Kier molecular flexibility index (Phi) is 2.00. The predicted octanol–water partition coefficient (Wildman–Crippen LogP) is 2.04. The summed E-state index contributed by atoms with van der Waals surface area (Å²) >= 11 is 0. The van der Waals surface area contributed by atoms with Gasteiger partial charge in [-0.05, 0) is 48.9 Å². The lowest BCUT2D eigenvalue weighted by Gasteiger charge is -2.23. The number of fused-ring (bicyclic) bond motifs is 1. The van der Waals surface area contributed by atoms with E-state index in [1.165, 1.54) is 0 Å². The normalized spacial score (nSPS) is 21.2. The molecule has 1 aliphatic carbocycles. The molecule has 0 fully saturated rings. The fourth-order valence-corrected chi connectivity index (χ4v) is 2.08. The summed E-state index contributed by atoms with van der Waals surface area (Å²) in [5, 5.41) is 9.70. The minimum absolute atomic E-state index is 0.120. The highest BCUT2D eigenvalue weighted by atomic mass is 16.3. The van der Waals surface area contributed by atoms with Crippen LogP contribution in [-0.2, 0) is 6.42 Å². The first-order valence-electron chi connectivity index (χ1n) is 4.76. The zero-order valence-corrected chi connectivity index (χ0v) is 7.88. The smallest absolute Gasteiger partial charge is 0.119 e. The van der Waals surface area contributed by atoms with Crippen molar-refractivity contribution in [3.05, 3.63) is 28.8 Å². The van der Waals surface area contributed by atoms with Gasteiger partial charge in [0.25, 0.3) is 0 Å². The van der Waals surface area contributed by atoms with Crippen molar-refractivity contribution >= 4 is 0 Å². The lowest BCUT2D eigenvalue weighted by atomic mass is 9.86. The topological polar surface area (TPSA) is 46.2 Å². The zero-order chi connectivity index (χ0) is 9.42. The summed E-state index contributed by atoms with van der Waals surface area (Å²) in [6, 6.07) is 4.03. The summed E-state index contributed by atoms with van der Waals surface area (Å²) < 4.78 is 0. The third kappa shape index (κ3) is 1.42. The van der Waals surface area contributed by atoms with Gasteiger partial charge in [0, 0.05) is 6.04 Å². The monoisotopic (exact) mass is 177 g/mol. The molecule has 3 N–H and O–H groups in total. The molecule has 0 radical (unpaired) electrons. The molecule has 0 aliphatic heterocycles. The van der Waals surface area contributed by atoms with Gasteiger partial charge in [-0.15, -0.1) is 0 Å². The molecule has 1 atom stereocenters. The van der Waals surface area contributed by atoms with Crippen LogP contribution in [0, 0.1) is 6.92 Å². The van der Waals surface area contributed by atoms with E-state index >= 15 is 0 Å². The Labute approximate surface area is 78.4 Å². The number of hydrogen-bond acceptors (Lipinski definition) is 2. The highest BCUT2D eigenvalue weighted by molar-refractivity contribution is 5.45. The van der Waals surface area contributed by atoms with Gasteiger partial charge in [0.1, 0.15) is 5.75 Å². The van der Waals surface area contributed by atoms with E-state index in [9.17, 15) is 5.11 Å². The van der Waals surface area contributed by atoms with Gasteiger partial charge in [-0.1, -0.05) is 6.07 Å². The summed E-state index contributed by atoms with van der Waals surface area (Å²) in [5.74, 6) is 0.421. The molecule has 2 heteroatoms. The standard InChI is InChI=1S/C11H15NO/c1-7-5-9-8(11(13)6-7)3-2-4-10(9)12/h5-6,10,13H,2-4,12H2,1H3/t10-/m0/s1. The molecule has 1 aliphatic rings. The Bertz CT molecular complexity index is 333. The van der Waals surface area contributed by atoms with Crippen LogP contribution in [0.3, 0.4) is 0 Å². The van der Waals surface area contributed by atoms with Crippen molar-refractivity contribution in [2.45, 2.75) is 32.2 Å². The van der Waals surface area contributed by atoms with Crippen LogP contribution in [0.25, 0.3) is 0 Å². The number of benzene rings is 1. The van der Waals surface area contributed by atoms with E-state index in [-0.39, 0.29) is 6.04 Å². The second-order valence-corrected chi connectivity index (χ2v) is 3.85. The van der Waals surface area contributed by atoms with Gasteiger partial charge < -0.3 is 10.8 Å². The van der Waals surface area contributed by atoms with Crippen LogP contribution in [-0.4, -0.2) is 5.11 Å². The highest BCUT2D eigenvalue weighted by Gasteiger charge is 2.19. The van der Waals surface area contributed by atoms with Crippen molar-refractivity contribution in [2.24, 2.45) is 5.73 Å². The van der Waals surface area contributed by atoms with Crippen LogP contribution in [0.4, 0.5) is 0 Å². The van der Waals surface area contributed by atoms with Crippen molar-refractivity contribution in [1.29, 1.82) is 0 Å². The second kappa shape index (κ2) is 3.04. The number of phenols is 1. The third-order valence-corrected chi connectivity index (χ3v) is 2.75. The molecule has 0 bridgehead atoms. The van der Waals surface area contributed by atoms with E-state index in [1.54, 1.807) is 0 Å². The molecular weight excluding hydrogens is 162 g/mol. The van der Waals surface area contributed by atoms with Crippen LogP contribution in [0.15, 0.2) is 12.1 Å². The first-order chi connectivity index (χ1) is 6.18. The molecule has 2 nitrogen and oxygen atoms in total. The maximum atomic E-state index is 9.70. The summed E-state index contributed by atoms with van der Waals surface area (Å²) in [6.07, 6.45) is 3.09. The van der Waals surface area contributed by atoms with Crippen LogP contribution in [0.5, 0.6) is 5.75 Å². The maximum absolute atomic E-state index is 9.70. The lowest BCUT2D eigenvalue weighted by Crippen LogP contribution is -2.17. The largest absolute Gasteiger partial charge is 0.508 e. The van der Waals surface area contributed by atoms with Gasteiger partial charge in [-0.2, -0.15) is 0 Å². The first-order valence-corrected chi connectivity index (χ1v) is 4.76. The molecule has 0 spiro atoms. The van der Waals surface area contributed by atoms with Crippen molar-refractivity contribution in [3.63, 3.8) is 0 Å². The van der Waals surface area contributed by atoms with E-state index in [0.29, 0.717) is 5.75 Å². The predicted molar refractivity (Wildman–Crippen MR) is 52.7 cm³/mol. The van der Waals surface area contributed by atoms with Gasteiger partial charge in [-0.3, -0.25) is 0 Å². The Balaban J connectivity index is 2.56. The molecule has 0 unspecified atom stereocenters. The number of aromatic hydroxyl groups is 1. The summed E-state index contributed by atoms with van der Waals surface area (Å²) in [5.41, 5.74) is 9.27. The van der Waals surface area contributed by atoms with Crippen molar-refractivity contribution in [2.75, 3.05) is 0 Å². The van der Waals surface area contributed by atoms with E-state index < -0.39 is 0 Å². The molecule has 0 amide bonds. The number of aryl methyl sites for hydroxylation is 1. The number of nitrogens with two attached hydrogens (primary N) is 1. The van der Waals surface area contributed by atoms with E-state index in [0.717, 1.165) is 36.0 Å². The average Bonchev–Trinajstić information content (AvgIpc) is 2.07. The zero-order valence-electron chi connectivity index (χ0n) is 7.88. The Hall–Kier alpha value is -1.02. The van der Waals surface area contributed by atoms with Crippen LogP contribution in [0.1, 0.15) is 35.6 Å². The van der Waals surface area contributed by atoms with E-state index in [2.05, 4.69) is 6.07 Å². The maximum Gasteiger partial charge on any atom is 0.119 e. The summed E-state index contributed by atoms with van der Waals surface area (Å²) in [4.78, 5) is 0. The molecule has 1 aromatic carbocycles. The molecule has 2 rings (SSSR count). The molecule has 13 heavy (non-hydrogen) atoms. The molecule has 0 heterocycles. The molecule has 0 saturated heterocycles. The Morgan fingerprint density at radius 3 is 3.00 bits per heavy atom. The van der Waals surface area contributed by atoms with E-state index in [1.807, 2.05) is 13.0 Å². The lowest BCUT2D eigenvalue weighted by molar-refractivity contribution is 0.454. The highest BCUT2D eigenvalue weighted by Crippen LogP contribution is 2.34. The Morgan fingerprint density at radius 2 is 2.23 bits per heavy atom. The fourth-order valence-electron chi connectivity index (χ4n) is 2.08. The number of phenolic OH excluding ortho intramolecular Hbond substituents is 1. The minimum Gasteiger partial charge on any atom is -0.508 e. The molecule has 0 aromatic heterocycles. The third-order valence-electron chi connectivity index (χ3n) is 2.75. The minimum atomic E-state index is 0.120. The van der Waals surface area contributed by atoms with Crippen molar-refractivity contribution in [1.82, 2.24) is 0 Å². The van der Waals surface area contributed by atoms with Crippen molar-refractivity contribution < 1.29 is 5.11 Å². The number of hydrogen-bond donors (Lipinski definition) is 2. The molecule has 0 saturated carbocycles. The summed E-state index contributed by atoms with van der Waals surface area (Å²) in [7, 11) is 0. The van der Waals surface area contributed by atoms with Gasteiger partial charge in [0.2, 0.25) is 0 Å². The van der Waals surface area contributed by atoms with Crippen molar-refractivity contribution in [3.8, 4) is 5.75 Å². The fraction of sp³-hybridized carbons (Fsp3) is 0.455. The van der Waals surface area contributed by atoms with Crippen LogP contribution < -0.4 is 5.73 Å². The van der Waals surface area contributed by atoms with Gasteiger partial charge >= 0.3 is 0 Å².